The Hall–Kier alpha value is -1.92. The minimum Gasteiger partial charge on any atom is -0.481 e. The smallest absolute Gasteiger partial charge is 0.311 e. The summed E-state index contributed by atoms with van der Waals surface area (Å²) in [5.41, 5.74) is 0.930. The van der Waals surface area contributed by atoms with Gasteiger partial charge >= 0.3 is 5.97 Å². The highest BCUT2D eigenvalue weighted by Crippen LogP contribution is 2.30. The number of carboxylic acids is 1. The van der Waals surface area contributed by atoms with Gasteiger partial charge < -0.3 is 15.2 Å². The van der Waals surface area contributed by atoms with Crippen LogP contribution in [-0.4, -0.2) is 36.2 Å². The average Bonchev–Trinajstić information content (AvgIpc) is 3.04. The quantitative estimate of drug-likeness (QED) is 0.910. The van der Waals surface area contributed by atoms with Gasteiger partial charge in [-0.2, -0.15) is 0 Å². The summed E-state index contributed by atoms with van der Waals surface area (Å²) in [6.07, 6.45) is 0. The van der Waals surface area contributed by atoms with Gasteiger partial charge in [0.05, 0.1) is 24.1 Å². The molecule has 21 heavy (non-hydrogen) atoms. The summed E-state index contributed by atoms with van der Waals surface area (Å²) in [5.74, 6) is -1.84. The van der Waals surface area contributed by atoms with E-state index in [-0.39, 0.29) is 19.1 Å². The van der Waals surface area contributed by atoms with E-state index in [1.165, 1.54) is 11.3 Å². The number of hydrogen-bond donors (Lipinski definition) is 2. The number of thiophene rings is 1. The fraction of sp³-hybridized carbons (Fsp3) is 0.333. The van der Waals surface area contributed by atoms with Crippen molar-refractivity contribution < 1.29 is 19.4 Å². The molecule has 1 aliphatic rings. The molecule has 5 nitrogen and oxygen atoms in total. The SMILES string of the molecule is Cc1c(C(=O)NC2COCC2C(=O)O)sc2ccccc12. The van der Waals surface area contributed by atoms with Crippen molar-refractivity contribution in [1.29, 1.82) is 0 Å². The molecule has 2 heterocycles. The number of fused-ring (bicyclic) bond motifs is 1. The van der Waals surface area contributed by atoms with Gasteiger partial charge in [-0.05, 0) is 23.9 Å². The second-order valence-corrected chi connectivity index (χ2v) is 6.17. The van der Waals surface area contributed by atoms with Gasteiger partial charge in [-0.25, -0.2) is 0 Å². The maximum absolute atomic E-state index is 12.4. The van der Waals surface area contributed by atoms with Crippen LogP contribution in [0.3, 0.4) is 0 Å². The molecule has 3 rings (SSSR count). The topological polar surface area (TPSA) is 75.6 Å². The van der Waals surface area contributed by atoms with Crippen molar-refractivity contribution in [3.05, 3.63) is 34.7 Å². The molecule has 2 atom stereocenters. The molecule has 1 saturated heterocycles. The standard InChI is InChI=1S/C15H15NO4S/c1-8-9-4-2-3-5-12(9)21-13(8)14(17)16-11-7-20-6-10(11)15(18)19/h2-5,10-11H,6-7H2,1H3,(H,16,17)(H,18,19). The van der Waals surface area contributed by atoms with E-state index in [1.807, 2.05) is 31.2 Å². The van der Waals surface area contributed by atoms with E-state index in [9.17, 15) is 9.59 Å². The molecule has 2 aromatic rings. The van der Waals surface area contributed by atoms with Gasteiger partial charge in [-0.3, -0.25) is 9.59 Å². The van der Waals surface area contributed by atoms with Crippen molar-refractivity contribution in [1.82, 2.24) is 5.32 Å². The first-order valence-corrected chi connectivity index (χ1v) is 7.49. The monoisotopic (exact) mass is 305 g/mol. The zero-order valence-electron chi connectivity index (χ0n) is 11.5. The van der Waals surface area contributed by atoms with Crippen LogP contribution in [0.15, 0.2) is 24.3 Å². The van der Waals surface area contributed by atoms with Crippen molar-refractivity contribution in [3.63, 3.8) is 0 Å². The number of carbonyl (C=O) groups excluding carboxylic acids is 1. The number of ether oxygens (including phenoxy) is 1. The van der Waals surface area contributed by atoms with Gasteiger partial charge in [-0.1, -0.05) is 18.2 Å². The number of nitrogens with one attached hydrogen (secondary N) is 1. The normalized spacial score (nSPS) is 21.6. The number of hydrogen-bond acceptors (Lipinski definition) is 4. The van der Waals surface area contributed by atoms with Crippen molar-refractivity contribution in [2.75, 3.05) is 13.2 Å². The third-order valence-electron chi connectivity index (χ3n) is 3.76. The minimum atomic E-state index is -0.939. The lowest BCUT2D eigenvalue weighted by Crippen LogP contribution is -2.42. The fourth-order valence-corrected chi connectivity index (χ4v) is 3.68. The Morgan fingerprint density at radius 3 is 2.81 bits per heavy atom. The number of rotatable bonds is 3. The van der Waals surface area contributed by atoms with E-state index in [0.29, 0.717) is 4.88 Å². The fourth-order valence-electron chi connectivity index (χ4n) is 2.56. The first-order valence-electron chi connectivity index (χ1n) is 6.67. The van der Waals surface area contributed by atoms with Crippen molar-refractivity contribution in [2.24, 2.45) is 5.92 Å². The number of aliphatic carboxylic acids is 1. The van der Waals surface area contributed by atoms with Gasteiger partial charge in [0.2, 0.25) is 0 Å². The van der Waals surface area contributed by atoms with Crippen LogP contribution in [0.4, 0.5) is 0 Å². The Kier molecular flexibility index (Phi) is 3.65. The number of carboxylic acid groups (broad SMARTS) is 1. The Morgan fingerprint density at radius 2 is 2.10 bits per heavy atom. The van der Waals surface area contributed by atoms with E-state index in [1.54, 1.807) is 0 Å². The van der Waals surface area contributed by atoms with Crippen molar-refractivity contribution in [2.45, 2.75) is 13.0 Å². The molecule has 0 radical (unpaired) electrons. The summed E-state index contributed by atoms with van der Waals surface area (Å²) < 4.78 is 6.22. The highest BCUT2D eigenvalue weighted by molar-refractivity contribution is 7.21. The molecular weight excluding hydrogens is 290 g/mol. The Labute approximate surface area is 125 Å². The molecule has 6 heteroatoms. The van der Waals surface area contributed by atoms with E-state index < -0.39 is 17.9 Å². The Balaban J connectivity index is 1.84. The summed E-state index contributed by atoms with van der Waals surface area (Å²) in [6, 6.07) is 7.36. The highest BCUT2D eigenvalue weighted by Gasteiger charge is 2.35. The van der Waals surface area contributed by atoms with Crippen LogP contribution in [0.25, 0.3) is 10.1 Å². The molecule has 1 aliphatic heterocycles. The largest absolute Gasteiger partial charge is 0.481 e. The highest BCUT2D eigenvalue weighted by atomic mass is 32.1. The average molecular weight is 305 g/mol. The van der Waals surface area contributed by atoms with Crippen LogP contribution >= 0.6 is 11.3 Å². The van der Waals surface area contributed by atoms with Gasteiger partial charge in [0.15, 0.2) is 0 Å². The van der Waals surface area contributed by atoms with Crippen LogP contribution in [-0.2, 0) is 9.53 Å². The summed E-state index contributed by atoms with van der Waals surface area (Å²) in [7, 11) is 0. The van der Waals surface area contributed by atoms with Gasteiger partial charge in [-0.15, -0.1) is 11.3 Å². The van der Waals surface area contributed by atoms with Crippen LogP contribution in [0.5, 0.6) is 0 Å². The number of aryl methyl sites for hydroxylation is 1. The van der Waals surface area contributed by atoms with Crippen LogP contribution in [0.1, 0.15) is 15.2 Å². The molecular formula is C15H15NO4S. The van der Waals surface area contributed by atoms with Crippen LogP contribution in [0.2, 0.25) is 0 Å². The first kappa shape index (κ1) is 14.0. The lowest BCUT2D eigenvalue weighted by molar-refractivity contribution is -0.142. The molecule has 0 saturated carbocycles. The zero-order chi connectivity index (χ0) is 15.0. The third kappa shape index (κ3) is 2.52. The first-order chi connectivity index (χ1) is 10.1. The molecule has 0 bridgehead atoms. The molecule has 2 unspecified atom stereocenters. The Bertz CT molecular complexity index is 709. The van der Waals surface area contributed by atoms with E-state index in [4.69, 9.17) is 9.84 Å². The third-order valence-corrected chi connectivity index (χ3v) is 5.04. The summed E-state index contributed by atoms with van der Waals surface area (Å²) >= 11 is 1.42. The Morgan fingerprint density at radius 1 is 1.33 bits per heavy atom. The van der Waals surface area contributed by atoms with E-state index in [2.05, 4.69) is 5.32 Å². The molecule has 1 amide bonds. The summed E-state index contributed by atoms with van der Waals surface area (Å²) in [5, 5.41) is 13.0. The van der Waals surface area contributed by atoms with Crippen LogP contribution in [0, 0.1) is 12.8 Å². The minimum absolute atomic E-state index is 0.145. The summed E-state index contributed by atoms with van der Waals surface area (Å²) in [4.78, 5) is 24.2. The number of benzene rings is 1. The number of carbonyl (C=O) groups is 2. The second-order valence-electron chi connectivity index (χ2n) is 5.11. The zero-order valence-corrected chi connectivity index (χ0v) is 12.3. The molecule has 1 fully saturated rings. The predicted octanol–water partition coefficient (Wildman–Crippen LogP) is 2.04. The molecule has 0 aliphatic carbocycles. The molecule has 0 spiro atoms. The van der Waals surface area contributed by atoms with E-state index >= 15 is 0 Å². The van der Waals surface area contributed by atoms with Crippen molar-refractivity contribution >= 4 is 33.3 Å². The predicted molar refractivity (Wildman–Crippen MR) is 79.8 cm³/mol. The van der Waals surface area contributed by atoms with Crippen molar-refractivity contribution in [3.8, 4) is 0 Å². The number of amides is 1. The maximum Gasteiger partial charge on any atom is 0.311 e. The summed E-state index contributed by atoms with van der Waals surface area (Å²) in [6.45, 7) is 2.30. The second kappa shape index (κ2) is 5.46. The molecule has 1 aromatic carbocycles. The maximum atomic E-state index is 12.4. The van der Waals surface area contributed by atoms with Crippen LogP contribution < -0.4 is 5.32 Å². The lowest BCUT2D eigenvalue weighted by Gasteiger charge is -2.15. The lowest BCUT2D eigenvalue weighted by atomic mass is 10.0. The van der Waals surface area contributed by atoms with Gasteiger partial charge in [0.25, 0.3) is 5.91 Å². The molecule has 2 N–H and O–H groups in total. The van der Waals surface area contributed by atoms with Gasteiger partial charge in [0, 0.05) is 4.70 Å². The molecule has 1 aromatic heterocycles. The molecule has 110 valence electrons. The van der Waals surface area contributed by atoms with Gasteiger partial charge in [0.1, 0.15) is 5.92 Å². The van der Waals surface area contributed by atoms with E-state index in [0.717, 1.165) is 15.6 Å².